The van der Waals surface area contributed by atoms with Crippen LogP contribution in [0.25, 0.3) is 10.2 Å². The van der Waals surface area contributed by atoms with Crippen LogP contribution in [0.4, 0.5) is 0 Å². The van der Waals surface area contributed by atoms with Gasteiger partial charge in [-0.05, 0) is 49.2 Å². The predicted molar refractivity (Wildman–Crippen MR) is 97.3 cm³/mol. The topological polar surface area (TPSA) is 34.4 Å². The molecule has 0 N–H and O–H groups in total. The van der Waals surface area contributed by atoms with E-state index < -0.39 is 0 Å². The standard InChI is InChI=1S/C17H13ClN2OS2/c1-4-7-20-12-8-10(2)11(3)9-14(12)23-17(20)19-16(21)13-5-6-15(18)22-13/h1,5-6,8-9H,7H2,2-3H3. The van der Waals surface area contributed by atoms with Gasteiger partial charge in [0, 0.05) is 0 Å². The van der Waals surface area contributed by atoms with Crippen LogP contribution in [0.2, 0.25) is 4.34 Å². The van der Waals surface area contributed by atoms with Crippen LogP contribution in [0.5, 0.6) is 0 Å². The highest BCUT2D eigenvalue weighted by atomic mass is 35.5. The van der Waals surface area contributed by atoms with Crippen LogP contribution >= 0.6 is 34.3 Å². The zero-order valence-electron chi connectivity index (χ0n) is 12.6. The summed E-state index contributed by atoms with van der Waals surface area (Å²) in [5, 5.41) is 0. The van der Waals surface area contributed by atoms with Crippen molar-refractivity contribution in [3.05, 3.63) is 49.4 Å². The molecule has 3 nitrogen and oxygen atoms in total. The van der Waals surface area contributed by atoms with Crippen molar-refractivity contribution < 1.29 is 4.79 Å². The number of carbonyl (C=O) groups excluding carboxylic acids is 1. The van der Waals surface area contributed by atoms with Gasteiger partial charge in [-0.3, -0.25) is 4.79 Å². The summed E-state index contributed by atoms with van der Waals surface area (Å²) in [7, 11) is 0. The Hall–Kier alpha value is -1.87. The van der Waals surface area contributed by atoms with Gasteiger partial charge in [-0.15, -0.1) is 17.8 Å². The molecule has 0 fully saturated rings. The van der Waals surface area contributed by atoms with Gasteiger partial charge < -0.3 is 4.57 Å². The average molecular weight is 361 g/mol. The normalized spacial score (nSPS) is 11.8. The van der Waals surface area contributed by atoms with E-state index >= 15 is 0 Å². The number of rotatable bonds is 2. The van der Waals surface area contributed by atoms with Crippen molar-refractivity contribution in [2.45, 2.75) is 20.4 Å². The Balaban J connectivity index is 2.20. The van der Waals surface area contributed by atoms with Crippen LogP contribution in [0.3, 0.4) is 0 Å². The zero-order chi connectivity index (χ0) is 16.6. The smallest absolute Gasteiger partial charge is 0.289 e. The van der Waals surface area contributed by atoms with Crippen molar-refractivity contribution >= 4 is 50.4 Å². The molecule has 0 saturated heterocycles. The quantitative estimate of drug-likeness (QED) is 0.623. The molecule has 0 radical (unpaired) electrons. The van der Waals surface area contributed by atoms with Crippen molar-refractivity contribution in [3.8, 4) is 12.3 Å². The molecule has 0 aliphatic heterocycles. The first-order valence-corrected chi connectivity index (χ1v) is 8.89. The number of fused-ring (bicyclic) bond motifs is 1. The summed E-state index contributed by atoms with van der Waals surface area (Å²) >= 11 is 8.57. The fraction of sp³-hybridized carbons (Fsp3) is 0.176. The Bertz CT molecular complexity index is 1020. The Labute approximate surface area is 146 Å². The van der Waals surface area contributed by atoms with E-state index in [1.54, 1.807) is 12.1 Å². The molecular weight excluding hydrogens is 348 g/mol. The predicted octanol–water partition coefficient (Wildman–Crippen LogP) is 4.41. The first-order valence-electron chi connectivity index (χ1n) is 6.88. The third kappa shape index (κ3) is 3.11. The van der Waals surface area contributed by atoms with Crippen LogP contribution in [0, 0.1) is 26.2 Å². The van der Waals surface area contributed by atoms with Crippen molar-refractivity contribution in [1.29, 1.82) is 0 Å². The number of aromatic nitrogens is 1. The number of amides is 1. The average Bonchev–Trinajstić information content (AvgIpc) is 3.06. The SMILES string of the molecule is C#CCn1c(=NC(=O)c2ccc(Cl)s2)sc2cc(C)c(C)cc21. The molecule has 1 aromatic carbocycles. The van der Waals surface area contributed by atoms with Crippen molar-refractivity contribution in [1.82, 2.24) is 4.57 Å². The lowest BCUT2D eigenvalue weighted by Crippen LogP contribution is -2.16. The molecule has 23 heavy (non-hydrogen) atoms. The van der Waals surface area contributed by atoms with Crippen LogP contribution in [0.15, 0.2) is 29.3 Å². The number of carbonyl (C=O) groups is 1. The summed E-state index contributed by atoms with van der Waals surface area (Å²) in [6.07, 6.45) is 5.48. The molecule has 2 aromatic heterocycles. The molecular formula is C17H13ClN2OS2. The minimum atomic E-state index is -0.298. The molecule has 0 unspecified atom stereocenters. The fourth-order valence-corrected chi connectivity index (χ4v) is 4.26. The zero-order valence-corrected chi connectivity index (χ0v) is 15.0. The van der Waals surface area contributed by atoms with Gasteiger partial charge in [0.05, 0.1) is 26.0 Å². The van der Waals surface area contributed by atoms with Crippen molar-refractivity contribution in [3.63, 3.8) is 0 Å². The Morgan fingerprint density at radius 2 is 2.04 bits per heavy atom. The van der Waals surface area contributed by atoms with Crippen molar-refractivity contribution in [2.75, 3.05) is 0 Å². The van der Waals surface area contributed by atoms with Crippen LogP contribution < -0.4 is 4.80 Å². The molecule has 0 atom stereocenters. The Morgan fingerprint density at radius 3 is 2.70 bits per heavy atom. The third-order valence-electron chi connectivity index (χ3n) is 3.53. The van der Waals surface area contributed by atoms with Gasteiger partial charge in [0.2, 0.25) is 0 Å². The second-order valence-electron chi connectivity index (χ2n) is 5.10. The van der Waals surface area contributed by atoms with Gasteiger partial charge in [0.15, 0.2) is 4.80 Å². The van der Waals surface area contributed by atoms with Gasteiger partial charge in [-0.1, -0.05) is 28.9 Å². The second-order valence-corrected chi connectivity index (χ2v) is 7.82. The molecule has 3 rings (SSSR count). The minimum Gasteiger partial charge on any atom is -0.305 e. The van der Waals surface area contributed by atoms with E-state index in [2.05, 4.69) is 36.9 Å². The van der Waals surface area contributed by atoms with Gasteiger partial charge >= 0.3 is 0 Å². The number of benzene rings is 1. The minimum absolute atomic E-state index is 0.298. The molecule has 0 aliphatic carbocycles. The maximum Gasteiger partial charge on any atom is 0.289 e. The molecule has 116 valence electrons. The second kappa shape index (κ2) is 6.32. The monoisotopic (exact) mass is 360 g/mol. The van der Waals surface area contributed by atoms with Gasteiger partial charge in [-0.2, -0.15) is 4.99 Å². The van der Waals surface area contributed by atoms with E-state index in [4.69, 9.17) is 18.0 Å². The molecule has 6 heteroatoms. The number of aryl methyl sites for hydroxylation is 2. The van der Waals surface area contributed by atoms with Gasteiger partial charge in [0.1, 0.15) is 0 Å². The Morgan fingerprint density at radius 1 is 1.30 bits per heavy atom. The van der Waals surface area contributed by atoms with E-state index in [9.17, 15) is 4.79 Å². The highest BCUT2D eigenvalue weighted by Gasteiger charge is 2.11. The summed E-state index contributed by atoms with van der Waals surface area (Å²) < 4.78 is 3.54. The Kier molecular flexibility index (Phi) is 4.40. The van der Waals surface area contributed by atoms with Crippen LogP contribution in [0.1, 0.15) is 20.8 Å². The highest BCUT2D eigenvalue weighted by molar-refractivity contribution is 7.18. The fourth-order valence-electron chi connectivity index (χ4n) is 2.22. The number of terminal acetylenes is 1. The maximum absolute atomic E-state index is 12.3. The lowest BCUT2D eigenvalue weighted by Gasteiger charge is -2.03. The van der Waals surface area contributed by atoms with Gasteiger partial charge in [-0.25, -0.2) is 0 Å². The van der Waals surface area contributed by atoms with Crippen LogP contribution in [-0.4, -0.2) is 10.5 Å². The third-order valence-corrected chi connectivity index (χ3v) is 5.79. The molecule has 1 amide bonds. The first-order chi connectivity index (χ1) is 11.0. The molecule has 2 heterocycles. The lowest BCUT2D eigenvalue weighted by atomic mass is 10.1. The maximum atomic E-state index is 12.3. The number of nitrogens with zero attached hydrogens (tertiary/aromatic N) is 2. The van der Waals surface area contributed by atoms with Crippen molar-refractivity contribution in [2.24, 2.45) is 4.99 Å². The number of thiophene rings is 1. The van der Waals surface area contributed by atoms with E-state index in [-0.39, 0.29) is 5.91 Å². The lowest BCUT2D eigenvalue weighted by molar-refractivity contribution is 0.100. The summed E-state index contributed by atoms with van der Waals surface area (Å²) in [6, 6.07) is 7.58. The first kappa shape index (κ1) is 16.0. The highest BCUT2D eigenvalue weighted by Crippen LogP contribution is 2.23. The molecule has 3 aromatic rings. The summed E-state index contributed by atoms with van der Waals surface area (Å²) in [5.41, 5.74) is 3.39. The summed E-state index contributed by atoms with van der Waals surface area (Å²) in [5.74, 6) is 2.34. The largest absolute Gasteiger partial charge is 0.305 e. The number of halogens is 1. The molecule has 0 saturated carbocycles. The molecule has 0 spiro atoms. The summed E-state index contributed by atoms with van der Waals surface area (Å²) in [4.78, 5) is 17.7. The van der Waals surface area contributed by atoms with E-state index in [0.717, 1.165) is 10.2 Å². The van der Waals surface area contributed by atoms with E-state index in [0.29, 0.717) is 20.6 Å². The van der Waals surface area contributed by atoms with E-state index in [1.165, 1.54) is 33.8 Å². The molecule has 0 aliphatic rings. The number of hydrogen-bond acceptors (Lipinski definition) is 3. The molecule has 0 bridgehead atoms. The number of thiazole rings is 1. The van der Waals surface area contributed by atoms with Gasteiger partial charge in [0.25, 0.3) is 5.91 Å². The summed E-state index contributed by atoms with van der Waals surface area (Å²) in [6.45, 7) is 4.50. The number of hydrogen-bond donors (Lipinski definition) is 0. The van der Waals surface area contributed by atoms with E-state index in [1.807, 2.05) is 4.57 Å². The van der Waals surface area contributed by atoms with Crippen LogP contribution in [-0.2, 0) is 6.54 Å².